The van der Waals surface area contributed by atoms with Gasteiger partial charge in [0.15, 0.2) is 6.29 Å². The number of hydrogen-bond donors (Lipinski definition) is 1. The zero-order valence-electron chi connectivity index (χ0n) is 8.58. The van der Waals surface area contributed by atoms with Crippen molar-refractivity contribution in [2.45, 2.75) is 13.8 Å². The third-order valence-electron chi connectivity index (χ3n) is 2.05. The molecule has 0 atom stereocenters. The third-order valence-corrected chi connectivity index (χ3v) is 2.05. The van der Waals surface area contributed by atoms with Crippen LogP contribution in [0.2, 0.25) is 0 Å². The Morgan fingerprint density at radius 3 is 2.50 bits per heavy atom. The first-order chi connectivity index (χ1) is 6.79. The lowest BCUT2D eigenvalue weighted by molar-refractivity contribution is -0.103. The molecule has 1 rings (SSSR count). The van der Waals surface area contributed by atoms with Crippen molar-refractivity contribution in [1.82, 2.24) is 5.32 Å². The Morgan fingerprint density at radius 2 is 2.00 bits per heavy atom. The summed E-state index contributed by atoms with van der Waals surface area (Å²) in [5.41, 5.74) is 2.61. The maximum absolute atomic E-state index is 10.9. The number of nitrogens with one attached hydrogen (secondary N) is 1. The Labute approximate surface area is 84.6 Å². The molecule has 0 amide bonds. The van der Waals surface area contributed by atoms with Crippen molar-refractivity contribution in [1.29, 1.82) is 0 Å². The van der Waals surface area contributed by atoms with Gasteiger partial charge in [0.05, 0.1) is 0 Å². The first kappa shape index (κ1) is 10.5. The van der Waals surface area contributed by atoms with Crippen molar-refractivity contribution in [3.63, 3.8) is 0 Å². The second-order valence-electron chi connectivity index (χ2n) is 3.05. The van der Waals surface area contributed by atoms with E-state index in [9.17, 15) is 4.79 Å². The predicted molar refractivity (Wildman–Crippen MR) is 58.8 cm³/mol. The smallest absolute Gasteiger partial charge is 0.152 e. The van der Waals surface area contributed by atoms with Gasteiger partial charge in [-0.3, -0.25) is 4.79 Å². The summed E-state index contributed by atoms with van der Waals surface area (Å²) in [7, 11) is 0. The lowest BCUT2D eigenvalue weighted by atomic mass is 10.1. The minimum Gasteiger partial charge on any atom is -0.388 e. The van der Waals surface area contributed by atoms with E-state index in [4.69, 9.17) is 0 Å². The van der Waals surface area contributed by atoms with Gasteiger partial charge in [-0.05, 0) is 19.4 Å². The molecule has 0 aliphatic carbocycles. The summed E-state index contributed by atoms with van der Waals surface area (Å²) < 4.78 is 0. The van der Waals surface area contributed by atoms with E-state index >= 15 is 0 Å². The fourth-order valence-electron chi connectivity index (χ4n) is 1.35. The van der Waals surface area contributed by atoms with Crippen LogP contribution in [-0.4, -0.2) is 12.8 Å². The van der Waals surface area contributed by atoms with Crippen molar-refractivity contribution >= 4 is 11.9 Å². The molecule has 1 aromatic carbocycles. The number of carbonyl (C=O) groups is 1. The minimum atomic E-state index is 0.729. The number of rotatable bonds is 4. The van der Waals surface area contributed by atoms with Gasteiger partial charge in [0.1, 0.15) is 0 Å². The van der Waals surface area contributed by atoms with Crippen LogP contribution in [-0.2, 0) is 4.79 Å². The van der Waals surface area contributed by atoms with Crippen LogP contribution < -0.4 is 5.32 Å². The Hall–Kier alpha value is -1.57. The van der Waals surface area contributed by atoms with E-state index in [0.29, 0.717) is 0 Å². The number of hydrogen-bond acceptors (Lipinski definition) is 2. The Morgan fingerprint density at radius 1 is 1.36 bits per heavy atom. The van der Waals surface area contributed by atoms with Crippen molar-refractivity contribution in [2.24, 2.45) is 0 Å². The molecule has 0 aliphatic rings. The monoisotopic (exact) mass is 189 g/mol. The Balaban J connectivity index is 3.04. The summed E-state index contributed by atoms with van der Waals surface area (Å²) in [6.45, 7) is 4.76. The molecule has 0 unspecified atom stereocenters. The molecule has 1 N–H and O–H groups in total. The molecule has 0 saturated heterocycles. The molecule has 0 fully saturated rings. The Kier molecular flexibility index (Phi) is 3.92. The normalized spacial score (nSPS) is 11.9. The van der Waals surface area contributed by atoms with E-state index < -0.39 is 0 Å². The van der Waals surface area contributed by atoms with Crippen molar-refractivity contribution in [2.75, 3.05) is 6.54 Å². The van der Waals surface area contributed by atoms with Gasteiger partial charge in [-0.1, -0.05) is 30.3 Å². The molecule has 0 spiro atoms. The SMILES string of the molecule is CCNC(C)=C(C=O)c1ccccc1. The van der Waals surface area contributed by atoms with Crippen LogP contribution >= 0.6 is 0 Å². The van der Waals surface area contributed by atoms with E-state index in [1.54, 1.807) is 0 Å². The summed E-state index contributed by atoms with van der Waals surface area (Å²) in [4.78, 5) is 10.9. The van der Waals surface area contributed by atoms with Gasteiger partial charge in [-0.2, -0.15) is 0 Å². The van der Waals surface area contributed by atoms with E-state index in [1.807, 2.05) is 44.2 Å². The van der Waals surface area contributed by atoms with Crippen molar-refractivity contribution in [3.8, 4) is 0 Å². The second kappa shape index (κ2) is 5.22. The van der Waals surface area contributed by atoms with Gasteiger partial charge in [-0.15, -0.1) is 0 Å². The molecule has 0 aromatic heterocycles. The molecular weight excluding hydrogens is 174 g/mol. The highest BCUT2D eigenvalue weighted by Crippen LogP contribution is 2.14. The highest BCUT2D eigenvalue weighted by molar-refractivity contribution is 6.07. The zero-order chi connectivity index (χ0) is 10.4. The van der Waals surface area contributed by atoms with Gasteiger partial charge < -0.3 is 5.32 Å². The van der Waals surface area contributed by atoms with E-state index in [-0.39, 0.29) is 0 Å². The molecule has 0 bridgehead atoms. The minimum absolute atomic E-state index is 0.729. The van der Waals surface area contributed by atoms with Gasteiger partial charge in [-0.25, -0.2) is 0 Å². The van der Waals surface area contributed by atoms with Crippen molar-refractivity contribution < 1.29 is 4.79 Å². The van der Waals surface area contributed by atoms with Gasteiger partial charge in [0, 0.05) is 17.8 Å². The molecular formula is C12H15NO. The number of aldehydes is 1. The zero-order valence-corrected chi connectivity index (χ0v) is 8.58. The van der Waals surface area contributed by atoms with Crippen LogP contribution in [0, 0.1) is 0 Å². The molecule has 2 nitrogen and oxygen atoms in total. The van der Waals surface area contributed by atoms with Crippen LogP contribution in [0.1, 0.15) is 19.4 Å². The van der Waals surface area contributed by atoms with Crippen LogP contribution in [0.5, 0.6) is 0 Å². The van der Waals surface area contributed by atoms with Crippen LogP contribution in [0.3, 0.4) is 0 Å². The fraction of sp³-hybridized carbons (Fsp3) is 0.250. The largest absolute Gasteiger partial charge is 0.388 e. The summed E-state index contributed by atoms with van der Waals surface area (Å²) in [5.74, 6) is 0. The Bertz CT molecular complexity index is 327. The molecule has 0 saturated carbocycles. The molecule has 14 heavy (non-hydrogen) atoms. The first-order valence-corrected chi connectivity index (χ1v) is 4.75. The van der Waals surface area contributed by atoms with Crippen LogP contribution in [0.25, 0.3) is 5.57 Å². The third kappa shape index (κ3) is 2.46. The fourth-order valence-corrected chi connectivity index (χ4v) is 1.35. The second-order valence-corrected chi connectivity index (χ2v) is 3.05. The van der Waals surface area contributed by atoms with Crippen molar-refractivity contribution in [3.05, 3.63) is 41.6 Å². The lowest BCUT2D eigenvalue weighted by Crippen LogP contribution is -2.12. The van der Waals surface area contributed by atoms with E-state index in [0.717, 1.165) is 29.7 Å². The summed E-state index contributed by atoms with van der Waals surface area (Å²) in [5, 5.41) is 3.14. The van der Waals surface area contributed by atoms with Crippen LogP contribution in [0.15, 0.2) is 36.0 Å². The molecule has 1 aromatic rings. The first-order valence-electron chi connectivity index (χ1n) is 4.75. The quantitative estimate of drug-likeness (QED) is 0.581. The summed E-state index contributed by atoms with van der Waals surface area (Å²) >= 11 is 0. The maximum atomic E-state index is 10.9. The maximum Gasteiger partial charge on any atom is 0.152 e. The standard InChI is InChI=1S/C12H15NO/c1-3-13-10(2)12(9-14)11-7-5-4-6-8-11/h4-9,13H,3H2,1-2H3. The number of benzene rings is 1. The van der Waals surface area contributed by atoms with E-state index in [2.05, 4.69) is 5.32 Å². The molecule has 74 valence electrons. The van der Waals surface area contributed by atoms with Gasteiger partial charge >= 0.3 is 0 Å². The molecule has 0 aliphatic heterocycles. The summed E-state index contributed by atoms with van der Waals surface area (Å²) in [6.07, 6.45) is 0.896. The predicted octanol–water partition coefficient (Wildman–Crippen LogP) is 2.23. The van der Waals surface area contributed by atoms with Crippen LogP contribution in [0.4, 0.5) is 0 Å². The average Bonchev–Trinajstić information content (AvgIpc) is 2.21. The average molecular weight is 189 g/mol. The van der Waals surface area contributed by atoms with Gasteiger partial charge in [0.25, 0.3) is 0 Å². The highest BCUT2D eigenvalue weighted by atomic mass is 16.1. The molecule has 0 radical (unpaired) electrons. The highest BCUT2D eigenvalue weighted by Gasteiger charge is 2.02. The van der Waals surface area contributed by atoms with Gasteiger partial charge in [0.2, 0.25) is 0 Å². The number of carbonyl (C=O) groups excluding carboxylic acids is 1. The molecule has 0 heterocycles. The number of allylic oxidation sites excluding steroid dienone is 2. The lowest BCUT2D eigenvalue weighted by Gasteiger charge is -2.07. The summed E-state index contributed by atoms with van der Waals surface area (Å²) in [6, 6.07) is 9.67. The molecule has 2 heteroatoms. The topological polar surface area (TPSA) is 29.1 Å². The van der Waals surface area contributed by atoms with E-state index in [1.165, 1.54) is 0 Å².